The molecule has 3 rings (SSSR count). The number of benzene rings is 1. The van der Waals surface area contributed by atoms with Gasteiger partial charge in [0.05, 0.1) is 5.52 Å². The third-order valence-electron chi connectivity index (χ3n) is 3.17. The first-order chi connectivity index (χ1) is 9.76. The molecule has 0 spiro atoms. The summed E-state index contributed by atoms with van der Waals surface area (Å²) in [6.45, 7) is 7.57. The van der Waals surface area contributed by atoms with Crippen LogP contribution in [-0.4, -0.2) is 16.3 Å². The van der Waals surface area contributed by atoms with Crippen molar-refractivity contribution in [2.75, 3.05) is 0 Å². The van der Waals surface area contributed by atoms with Crippen LogP contribution in [0.4, 0.5) is 5.82 Å². The summed E-state index contributed by atoms with van der Waals surface area (Å²) in [6.07, 6.45) is 3.57. The summed E-state index contributed by atoms with van der Waals surface area (Å²) in [7, 11) is 0. The van der Waals surface area contributed by atoms with Gasteiger partial charge in [-0.15, -0.1) is 0 Å². The van der Waals surface area contributed by atoms with E-state index < -0.39 is 0 Å². The van der Waals surface area contributed by atoms with E-state index in [-0.39, 0.29) is 0 Å². The molecule has 0 aliphatic carbocycles. The van der Waals surface area contributed by atoms with E-state index in [9.17, 15) is 0 Å². The van der Waals surface area contributed by atoms with E-state index in [1.54, 1.807) is 12.3 Å². The fraction of sp³-hybridized carbons (Fsp3) is 0. The fourth-order valence-corrected chi connectivity index (χ4v) is 2.71. The molecule has 0 radical (unpaired) electrons. The molecule has 3 nitrogen and oxygen atoms in total. The lowest BCUT2D eigenvalue weighted by molar-refractivity contribution is 1.04. The molecule has 0 atom stereocenters. The molecule has 3 aromatic rings. The van der Waals surface area contributed by atoms with E-state index >= 15 is 0 Å². The molecule has 0 aliphatic heterocycles. The molecule has 0 unspecified atom stereocenters. The van der Waals surface area contributed by atoms with Crippen molar-refractivity contribution in [1.29, 1.82) is 0 Å². The number of aromatic nitrogens is 2. The Hall–Kier alpha value is -2.20. The SMILES string of the molecule is C=Cc1c(N=C)n(-c2ccccn2)c2ccc(Br)cc12. The van der Waals surface area contributed by atoms with E-state index in [1.807, 2.05) is 34.9 Å². The predicted octanol–water partition coefficient (Wildman–Crippen LogP) is 4.76. The Morgan fingerprint density at radius 1 is 1.25 bits per heavy atom. The summed E-state index contributed by atoms with van der Waals surface area (Å²) in [5, 5.41) is 1.07. The van der Waals surface area contributed by atoms with Crippen LogP contribution in [0.5, 0.6) is 0 Å². The molecule has 20 heavy (non-hydrogen) atoms. The minimum Gasteiger partial charge on any atom is -0.278 e. The highest BCUT2D eigenvalue weighted by atomic mass is 79.9. The third-order valence-corrected chi connectivity index (χ3v) is 3.67. The molecule has 98 valence electrons. The number of hydrogen-bond donors (Lipinski definition) is 0. The number of pyridine rings is 1. The Balaban J connectivity index is 2.47. The highest BCUT2D eigenvalue weighted by molar-refractivity contribution is 9.10. The maximum atomic E-state index is 4.41. The number of rotatable bonds is 3. The van der Waals surface area contributed by atoms with Crippen LogP contribution in [0.3, 0.4) is 0 Å². The van der Waals surface area contributed by atoms with Gasteiger partial charge in [-0.3, -0.25) is 4.57 Å². The van der Waals surface area contributed by atoms with Gasteiger partial charge in [0.25, 0.3) is 0 Å². The average molecular weight is 326 g/mol. The number of halogens is 1. The zero-order valence-corrected chi connectivity index (χ0v) is 12.3. The summed E-state index contributed by atoms with van der Waals surface area (Å²) >= 11 is 3.50. The van der Waals surface area contributed by atoms with E-state index in [1.165, 1.54) is 0 Å². The molecule has 0 aliphatic rings. The molecule has 0 saturated heterocycles. The van der Waals surface area contributed by atoms with Gasteiger partial charge in [-0.2, -0.15) is 0 Å². The van der Waals surface area contributed by atoms with Gasteiger partial charge in [-0.05, 0) is 37.0 Å². The molecule has 2 heterocycles. The second-order valence-electron chi connectivity index (χ2n) is 4.28. The molecule has 0 amide bonds. The Morgan fingerprint density at radius 2 is 2.10 bits per heavy atom. The molecule has 4 heteroatoms. The molecule has 2 aromatic heterocycles. The molecule has 0 N–H and O–H groups in total. The second-order valence-corrected chi connectivity index (χ2v) is 5.20. The Morgan fingerprint density at radius 3 is 2.75 bits per heavy atom. The minimum absolute atomic E-state index is 0.756. The summed E-state index contributed by atoms with van der Waals surface area (Å²) < 4.78 is 3.01. The standard InChI is InChI=1S/C16H12BrN3/c1-3-12-13-10-11(17)7-8-14(13)20(16(12)18-2)15-6-4-5-9-19-15/h3-10H,1-2H2. The molecule has 0 bridgehead atoms. The second kappa shape index (κ2) is 5.06. The van der Waals surface area contributed by atoms with Gasteiger partial charge in [-0.1, -0.05) is 34.7 Å². The van der Waals surface area contributed by atoms with Crippen molar-refractivity contribution in [3.05, 3.63) is 59.2 Å². The van der Waals surface area contributed by atoms with Crippen LogP contribution in [0.2, 0.25) is 0 Å². The van der Waals surface area contributed by atoms with E-state index in [2.05, 4.69) is 45.3 Å². The number of hydrogen-bond acceptors (Lipinski definition) is 2. The van der Waals surface area contributed by atoms with Gasteiger partial charge in [0.15, 0.2) is 0 Å². The van der Waals surface area contributed by atoms with Gasteiger partial charge in [-0.25, -0.2) is 9.98 Å². The lowest BCUT2D eigenvalue weighted by Gasteiger charge is -2.06. The Labute approximate surface area is 125 Å². The van der Waals surface area contributed by atoms with Gasteiger partial charge in [0.2, 0.25) is 0 Å². The summed E-state index contributed by atoms with van der Waals surface area (Å²) in [4.78, 5) is 8.58. The van der Waals surface area contributed by atoms with Crippen LogP contribution in [0, 0.1) is 0 Å². The highest BCUT2D eigenvalue weighted by Crippen LogP contribution is 2.36. The van der Waals surface area contributed by atoms with Crippen molar-refractivity contribution >= 4 is 45.4 Å². The van der Waals surface area contributed by atoms with Crippen LogP contribution >= 0.6 is 15.9 Å². The van der Waals surface area contributed by atoms with Gasteiger partial charge in [0.1, 0.15) is 11.6 Å². The third kappa shape index (κ3) is 1.89. The van der Waals surface area contributed by atoms with E-state index in [4.69, 9.17) is 0 Å². The van der Waals surface area contributed by atoms with Crippen LogP contribution < -0.4 is 0 Å². The van der Waals surface area contributed by atoms with Gasteiger partial charge >= 0.3 is 0 Å². The predicted molar refractivity (Wildman–Crippen MR) is 88.1 cm³/mol. The first-order valence-corrected chi connectivity index (χ1v) is 6.90. The summed E-state index contributed by atoms with van der Waals surface area (Å²) in [5.41, 5.74) is 1.99. The topological polar surface area (TPSA) is 30.2 Å². The molecular formula is C16H12BrN3. The normalized spacial score (nSPS) is 10.7. The van der Waals surface area contributed by atoms with Gasteiger partial charge < -0.3 is 0 Å². The first-order valence-electron chi connectivity index (χ1n) is 6.11. The maximum absolute atomic E-state index is 4.41. The van der Waals surface area contributed by atoms with Crippen molar-refractivity contribution in [3.8, 4) is 5.82 Å². The monoisotopic (exact) mass is 325 g/mol. The van der Waals surface area contributed by atoms with Crippen LogP contribution in [0.15, 0.2) is 58.6 Å². The number of aliphatic imine (C=N–C) groups is 1. The molecule has 0 saturated carbocycles. The fourth-order valence-electron chi connectivity index (χ4n) is 2.35. The minimum atomic E-state index is 0.756. The smallest absolute Gasteiger partial charge is 0.145 e. The van der Waals surface area contributed by atoms with Gasteiger partial charge in [0, 0.05) is 21.6 Å². The number of fused-ring (bicyclic) bond motifs is 1. The van der Waals surface area contributed by atoms with E-state index in [0.717, 1.165) is 32.6 Å². The van der Waals surface area contributed by atoms with E-state index in [0.29, 0.717) is 0 Å². The highest BCUT2D eigenvalue weighted by Gasteiger charge is 2.16. The van der Waals surface area contributed by atoms with Crippen molar-refractivity contribution in [1.82, 2.24) is 9.55 Å². The molecular weight excluding hydrogens is 314 g/mol. The van der Waals surface area contributed by atoms with Crippen molar-refractivity contribution < 1.29 is 0 Å². The van der Waals surface area contributed by atoms with Crippen molar-refractivity contribution in [2.24, 2.45) is 4.99 Å². The molecule has 0 fully saturated rings. The summed E-state index contributed by atoms with van der Waals surface area (Å²) in [6, 6.07) is 11.9. The Bertz CT molecular complexity index is 803. The van der Waals surface area contributed by atoms with Crippen LogP contribution in [0.25, 0.3) is 22.8 Å². The largest absolute Gasteiger partial charge is 0.278 e. The number of nitrogens with zero attached hydrogens (tertiary/aromatic N) is 3. The zero-order chi connectivity index (χ0) is 14.1. The quantitative estimate of drug-likeness (QED) is 0.638. The lowest BCUT2D eigenvalue weighted by atomic mass is 10.1. The van der Waals surface area contributed by atoms with Crippen LogP contribution in [-0.2, 0) is 0 Å². The lowest BCUT2D eigenvalue weighted by Crippen LogP contribution is -1.95. The molecule has 1 aromatic carbocycles. The Kier molecular flexibility index (Phi) is 3.24. The average Bonchev–Trinajstić information content (AvgIpc) is 2.80. The zero-order valence-electron chi connectivity index (χ0n) is 10.8. The first kappa shape index (κ1) is 12.8. The van der Waals surface area contributed by atoms with Crippen molar-refractivity contribution in [2.45, 2.75) is 0 Å². The maximum Gasteiger partial charge on any atom is 0.145 e. The van der Waals surface area contributed by atoms with Crippen molar-refractivity contribution in [3.63, 3.8) is 0 Å². The van der Waals surface area contributed by atoms with Crippen LogP contribution in [0.1, 0.15) is 5.56 Å². The summed E-state index contributed by atoms with van der Waals surface area (Å²) in [5.74, 6) is 1.57.